The summed E-state index contributed by atoms with van der Waals surface area (Å²) in [4.78, 5) is 30.9. The zero-order valence-corrected chi connectivity index (χ0v) is 14.7. The van der Waals surface area contributed by atoms with Crippen molar-refractivity contribution in [1.82, 2.24) is 9.88 Å². The molecule has 0 saturated carbocycles. The molecule has 136 valence electrons. The smallest absolute Gasteiger partial charge is 0.263 e. The van der Waals surface area contributed by atoms with E-state index in [1.165, 1.54) is 0 Å². The monoisotopic (exact) mass is 354 g/mol. The highest BCUT2D eigenvalue weighted by Gasteiger charge is 2.16. The van der Waals surface area contributed by atoms with Gasteiger partial charge in [-0.2, -0.15) is 0 Å². The van der Waals surface area contributed by atoms with E-state index < -0.39 is 0 Å². The van der Waals surface area contributed by atoms with E-state index in [9.17, 15) is 9.59 Å². The summed E-state index contributed by atoms with van der Waals surface area (Å²) in [7, 11) is 0. The van der Waals surface area contributed by atoms with E-state index in [2.05, 4.69) is 15.2 Å². The number of hydrogen-bond donors (Lipinski definition) is 1. The molecule has 26 heavy (non-hydrogen) atoms. The van der Waals surface area contributed by atoms with Gasteiger partial charge in [-0.1, -0.05) is 17.7 Å². The average Bonchev–Trinajstić information content (AvgIpc) is 2.68. The first kappa shape index (κ1) is 17.7. The fourth-order valence-corrected chi connectivity index (χ4v) is 2.69. The molecule has 0 aliphatic carbocycles. The number of piperazine rings is 1. The molecule has 7 heteroatoms. The van der Waals surface area contributed by atoms with E-state index in [1.807, 2.05) is 37.3 Å². The summed E-state index contributed by atoms with van der Waals surface area (Å²) in [5.41, 5.74) is 2.11. The second kappa shape index (κ2) is 8.33. The summed E-state index contributed by atoms with van der Waals surface area (Å²) >= 11 is 0. The zero-order chi connectivity index (χ0) is 18.4. The molecule has 0 atom stereocenters. The zero-order valence-electron chi connectivity index (χ0n) is 14.7. The molecule has 1 aliphatic rings. The maximum absolute atomic E-state index is 12.0. The number of carbonyl (C=O) groups excluding carboxylic acids is 2. The molecular formula is C19H22N4O3. The van der Waals surface area contributed by atoms with Gasteiger partial charge in [0.05, 0.1) is 11.9 Å². The molecule has 1 saturated heterocycles. The van der Waals surface area contributed by atoms with E-state index >= 15 is 0 Å². The molecular weight excluding hydrogens is 332 g/mol. The summed E-state index contributed by atoms with van der Waals surface area (Å²) in [5.74, 6) is 0.881. The van der Waals surface area contributed by atoms with Gasteiger partial charge in [0.15, 0.2) is 6.61 Å². The van der Waals surface area contributed by atoms with Crippen LogP contribution in [0.3, 0.4) is 0 Å². The van der Waals surface area contributed by atoms with E-state index in [0.29, 0.717) is 24.7 Å². The van der Waals surface area contributed by atoms with Crippen LogP contribution in [0.15, 0.2) is 42.6 Å². The van der Waals surface area contributed by atoms with Crippen LogP contribution in [0.2, 0.25) is 0 Å². The van der Waals surface area contributed by atoms with E-state index in [-0.39, 0.29) is 12.5 Å². The lowest BCUT2D eigenvalue weighted by Gasteiger charge is -2.33. The van der Waals surface area contributed by atoms with Crippen LogP contribution in [0.1, 0.15) is 5.56 Å². The number of benzene rings is 1. The van der Waals surface area contributed by atoms with Crippen molar-refractivity contribution in [3.63, 3.8) is 0 Å². The second-order valence-electron chi connectivity index (χ2n) is 6.18. The standard InChI is InChI=1S/C19H22N4O3/c1-15-2-5-17(6-3-15)26-13-19(25)21-18-7-4-16(12-20-18)23-10-8-22(14-24)9-11-23/h2-7,12,14H,8-11,13H2,1H3,(H,20,21,25). The Balaban J connectivity index is 1.48. The predicted octanol–water partition coefficient (Wildman–Crippen LogP) is 1.69. The van der Waals surface area contributed by atoms with E-state index in [4.69, 9.17) is 4.74 Å². The molecule has 2 amide bonds. The van der Waals surface area contributed by atoms with Gasteiger partial charge in [-0.25, -0.2) is 4.98 Å². The van der Waals surface area contributed by atoms with Crippen LogP contribution in [0.5, 0.6) is 5.75 Å². The SMILES string of the molecule is Cc1ccc(OCC(=O)Nc2ccc(N3CCN(C=O)CC3)cn2)cc1. The lowest BCUT2D eigenvalue weighted by atomic mass is 10.2. The molecule has 0 bridgehead atoms. The molecule has 0 spiro atoms. The van der Waals surface area contributed by atoms with Crippen molar-refractivity contribution in [2.24, 2.45) is 0 Å². The van der Waals surface area contributed by atoms with Crippen LogP contribution in [-0.2, 0) is 9.59 Å². The van der Waals surface area contributed by atoms with Gasteiger partial charge in [0.25, 0.3) is 5.91 Å². The van der Waals surface area contributed by atoms with Gasteiger partial charge in [-0.3, -0.25) is 9.59 Å². The van der Waals surface area contributed by atoms with Crippen LogP contribution in [0.4, 0.5) is 11.5 Å². The maximum Gasteiger partial charge on any atom is 0.263 e. The summed E-state index contributed by atoms with van der Waals surface area (Å²) in [6.45, 7) is 4.89. The number of rotatable bonds is 6. The number of anilines is 2. The van der Waals surface area contributed by atoms with Crippen molar-refractivity contribution >= 4 is 23.8 Å². The van der Waals surface area contributed by atoms with Crippen molar-refractivity contribution < 1.29 is 14.3 Å². The number of pyridine rings is 1. The van der Waals surface area contributed by atoms with Gasteiger partial charge in [0.2, 0.25) is 6.41 Å². The highest BCUT2D eigenvalue weighted by atomic mass is 16.5. The molecule has 2 heterocycles. The Morgan fingerprint density at radius 3 is 2.50 bits per heavy atom. The maximum atomic E-state index is 12.0. The van der Waals surface area contributed by atoms with Crippen LogP contribution < -0.4 is 15.0 Å². The Kier molecular flexibility index (Phi) is 5.68. The molecule has 1 aromatic carbocycles. The second-order valence-corrected chi connectivity index (χ2v) is 6.18. The number of ether oxygens (including phenoxy) is 1. The van der Waals surface area contributed by atoms with Crippen molar-refractivity contribution in [1.29, 1.82) is 0 Å². The normalized spacial score (nSPS) is 14.0. The number of hydrogen-bond acceptors (Lipinski definition) is 5. The first-order valence-corrected chi connectivity index (χ1v) is 8.54. The van der Waals surface area contributed by atoms with Crippen LogP contribution in [0, 0.1) is 6.92 Å². The Morgan fingerprint density at radius 1 is 1.15 bits per heavy atom. The molecule has 0 unspecified atom stereocenters. The Labute approximate surface area is 152 Å². The lowest BCUT2D eigenvalue weighted by Crippen LogP contribution is -2.45. The average molecular weight is 354 g/mol. The molecule has 1 fully saturated rings. The minimum Gasteiger partial charge on any atom is -0.484 e. The summed E-state index contributed by atoms with van der Waals surface area (Å²) in [6.07, 6.45) is 2.61. The minimum absolute atomic E-state index is 0.0693. The Morgan fingerprint density at radius 2 is 1.88 bits per heavy atom. The number of aromatic nitrogens is 1. The fraction of sp³-hybridized carbons (Fsp3) is 0.316. The highest BCUT2D eigenvalue weighted by Crippen LogP contribution is 2.17. The van der Waals surface area contributed by atoms with E-state index in [0.717, 1.165) is 30.8 Å². The molecule has 1 aromatic heterocycles. The molecule has 3 rings (SSSR count). The quantitative estimate of drug-likeness (QED) is 0.799. The number of nitrogens with zero attached hydrogens (tertiary/aromatic N) is 3. The molecule has 1 N–H and O–H groups in total. The minimum atomic E-state index is -0.259. The molecule has 7 nitrogen and oxygen atoms in total. The lowest BCUT2D eigenvalue weighted by molar-refractivity contribution is -0.119. The van der Waals surface area contributed by atoms with Gasteiger partial charge >= 0.3 is 0 Å². The molecule has 1 aliphatic heterocycles. The molecule has 2 aromatic rings. The summed E-state index contributed by atoms with van der Waals surface area (Å²) in [6, 6.07) is 11.2. The number of nitrogens with one attached hydrogen (secondary N) is 1. The molecule has 0 radical (unpaired) electrons. The van der Waals surface area contributed by atoms with E-state index in [1.54, 1.807) is 17.2 Å². The van der Waals surface area contributed by atoms with Gasteiger partial charge in [-0.15, -0.1) is 0 Å². The predicted molar refractivity (Wildman–Crippen MR) is 99.4 cm³/mol. The van der Waals surface area contributed by atoms with Crippen molar-refractivity contribution in [3.8, 4) is 5.75 Å². The van der Waals surface area contributed by atoms with Crippen molar-refractivity contribution in [3.05, 3.63) is 48.2 Å². The number of aryl methyl sites for hydroxylation is 1. The number of carbonyl (C=O) groups is 2. The van der Waals surface area contributed by atoms with Gasteiger partial charge in [0, 0.05) is 26.2 Å². The van der Waals surface area contributed by atoms with Crippen LogP contribution >= 0.6 is 0 Å². The largest absolute Gasteiger partial charge is 0.484 e. The third-order valence-electron chi connectivity index (χ3n) is 4.23. The summed E-state index contributed by atoms with van der Waals surface area (Å²) in [5, 5.41) is 2.72. The first-order chi connectivity index (χ1) is 12.6. The van der Waals surface area contributed by atoms with Gasteiger partial charge in [-0.05, 0) is 31.2 Å². The van der Waals surface area contributed by atoms with Crippen molar-refractivity contribution in [2.75, 3.05) is 43.0 Å². The highest BCUT2D eigenvalue weighted by molar-refractivity contribution is 5.91. The third-order valence-corrected chi connectivity index (χ3v) is 4.23. The third kappa shape index (κ3) is 4.72. The van der Waals surface area contributed by atoms with Gasteiger partial charge in [0.1, 0.15) is 11.6 Å². The van der Waals surface area contributed by atoms with Gasteiger partial charge < -0.3 is 19.9 Å². The topological polar surface area (TPSA) is 74.8 Å². The van der Waals surface area contributed by atoms with Crippen molar-refractivity contribution in [2.45, 2.75) is 6.92 Å². The van der Waals surface area contributed by atoms with Crippen LogP contribution in [-0.4, -0.2) is 55.0 Å². The Bertz CT molecular complexity index is 738. The fourth-order valence-electron chi connectivity index (χ4n) is 2.69. The number of amides is 2. The van der Waals surface area contributed by atoms with Crippen LogP contribution in [0.25, 0.3) is 0 Å². The first-order valence-electron chi connectivity index (χ1n) is 8.54. The Hall–Kier alpha value is -3.09. The summed E-state index contributed by atoms with van der Waals surface area (Å²) < 4.78 is 5.45.